The van der Waals surface area contributed by atoms with E-state index in [1.807, 2.05) is 6.07 Å². The maximum atomic E-state index is 12.8. The zero-order valence-corrected chi connectivity index (χ0v) is 15.3. The molecule has 0 unspecified atom stereocenters. The quantitative estimate of drug-likeness (QED) is 0.709. The Balaban J connectivity index is 1.72. The Morgan fingerprint density at radius 3 is 2.52 bits per heavy atom. The van der Waals surface area contributed by atoms with Crippen molar-refractivity contribution in [1.29, 1.82) is 0 Å². The molecule has 0 aromatic heterocycles. The van der Waals surface area contributed by atoms with Crippen molar-refractivity contribution in [3.63, 3.8) is 0 Å². The number of benzene rings is 2. The molecule has 2 aromatic carbocycles. The average molecular weight is 393 g/mol. The molecule has 0 spiro atoms. The number of hydrogen-bond acceptors (Lipinski definition) is 4. The molecule has 0 bridgehead atoms. The van der Waals surface area contributed by atoms with Gasteiger partial charge in [-0.25, -0.2) is 4.39 Å². The van der Waals surface area contributed by atoms with Crippen LogP contribution in [0.1, 0.15) is 28.9 Å². The Bertz CT molecular complexity index is 827. The van der Waals surface area contributed by atoms with Crippen LogP contribution in [0.5, 0.6) is 0 Å². The van der Waals surface area contributed by atoms with Crippen LogP contribution in [0.15, 0.2) is 48.5 Å². The van der Waals surface area contributed by atoms with Crippen molar-refractivity contribution in [1.82, 2.24) is 10.6 Å². The SMILES string of the molecule is C[C@H](NC(=O)COC(=O)CNC(=O)c1ccc(F)cc1)c1cccc(Cl)c1. The minimum absolute atomic E-state index is 0.206. The molecule has 0 aliphatic rings. The largest absolute Gasteiger partial charge is 0.454 e. The lowest BCUT2D eigenvalue weighted by atomic mass is 10.1. The summed E-state index contributed by atoms with van der Waals surface area (Å²) in [4.78, 5) is 35.3. The van der Waals surface area contributed by atoms with E-state index in [1.165, 1.54) is 12.1 Å². The molecular formula is C19H18ClFN2O4. The van der Waals surface area contributed by atoms with E-state index in [-0.39, 0.29) is 11.6 Å². The first kappa shape index (κ1) is 20.4. The van der Waals surface area contributed by atoms with Crippen molar-refractivity contribution in [3.05, 3.63) is 70.5 Å². The van der Waals surface area contributed by atoms with E-state index in [9.17, 15) is 18.8 Å². The molecule has 2 aromatic rings. The van der Waals surface area contributed by atoms with E-state index in [2.05, 4.69) is 10.6 Å². The standard InChI is InChI=1S/C19H18ClFN2O4/c1-12(14-3-2-4-15(20)9-14)23-17(24)11-27-18(25)10-22-19(26)13-5-7-16(21)8-6-13/h2-9,12H,10-11H2,1H3,(H,22,26)(H,23,24)/t12-/m0/s1. The number of amides is 2. The summed E-state index contributed by atoms with van der Waals surface area (Å²) in [5.41, 5.74) is 1.02. The number of nitrogens with one attached hydrogen (secondary N) is 2. The number of carbonyl (C=O) groups excluding carboxylic acids is 3. The summed E-state index contributed by atoms with van der Waals surface area (Å²) >= 11 is 5.91. The first-order valence-electron chi connectivity index (χ1n) is 8.09. The molecule has 2 amide bonds. The van der Waals surface area contributed by atoms with Gasteiger partial charge >= 0.3 is 5.97 Å². The van der Waals surface area contributed by atoms with E-state index in [4.69, 9.17) is 16.3 Å². The number of halogens is 2. The highest BCUT2D eigenvalue weighted by molar-refractivity contribution is 6.30. The van der Waals surface area contributed by atoms with Crippen LogP contribution in [0.25, 0.3) is 0 Å². The first-order valence-corrected chi connectivity index (χ1v) is 8.47. The smallest absolute Gasteiger partial charge is 0.325 e. The minimum atomic E-state index is -0.768. The number of hydrogen-bond donors (Lipinski definition) is 2. The van der Waals surface area contributed by atoms with Crippen molar-refractivity contribution >= 4 is 29.4 Å². The van der Waals surface area contributed by atoms with Crippen LogP contribution in [-0.4, -0.2) is 30.9 Å². The van der Waals surface area contributed by atoms with E-state index in [1.54, 1.807) is 25.1 Å². The van der Waals surface area contributed by atoms with Gasteiger partial charge in [-0.2, -0.15) is 0 Å². The summed E-state index contributed by atoms with van der Waals surface area (Å²) in [6.45, 7) is 0.887. The second kappa shape index (κ2) is 9.68. The molecule has 27 heavy (non-hydrogen) atoms. The maximum Gasteiger partial charge on any atom is 0.325 e. The lowest BCUT2D eigenvalue weighted by molar-refractivity contribution is -0.147. The van der Waals surface area contributed by atoms with Crippen molar-refractivity contribution in [3.8, 4) is 0 Å². The van der Waals surface area contributed by atoms with Crippen LogP contribution in [0.4, 0.5) is 4.39 Å². The van der Waals surface area contributed by atoms with E-state index < -0.39 is 36.8 Å². The Morgan fingerprint density at radius 1 is 1.15 bits per heavy atom. The van der Waals surface area contributed by atoms with Crippen molar-refractivity contribution in [2.24, 2.45) is 0 Å². The molecule has 1 atom stereocenters. The maximum absolute atomic E-state index is 12.8. The third-order valence-electron chi connectivity index (χ3n) is 3.59. The Kier molecular flexibility index (Phi) is 7.31. The van der Waals surface area contributed by atoms with Crippen molar-refractivity contribution in [2.75, 3.05) is 13.2 Å². The van der Waals surface area contributed by atoms with E-state index >= 15 is 0 Å². The first-order chi connectivity index (χ1) is 12.8. The third kappa shape index (κ3) is 6.71. The predicted molar refractivity (Wildman–Crippen MR) is 97.7 cm³/mol. The van der Waals surface area contributed by atoms with Gasteiger partial charge in [-0.3, -0.25) is 14.4 Å². The molecule has 0 radical (unpaired) electrons. The van der Waals surface area contributed by atoms with Crippen LogP contribution >= 0.6 is 11.6 Å². The van der Waals surface area contributed by atoms with E-state index in [0.29, 0.717) is 5.02 Å². The fraction of sp³-hybridized carbons (Fsp3) is 0.211. The van der Waals surface area contributed by atoms with Crippen LogP contribution in [0.2, 0.25) is 5.02 Å². The molecular weight excluding hydrogens is 375 g/mol. The molecule has 0 fully saturated rings. The van der Waals surface area contributed by atoms with Gasteiger partial charge in [-0.1, -0.05) is 23.7 Å². The molecule has 6 nitrogen and oxygen atoms in total. The minimum Gasteiger partial charge on any atom is -0.454 e. The molecule has 142 valence electrons. The number of rotatable bonds is 7. The molecule has 8 heteroatoms. The van der Waals surface area contributed by atoms with E-state index in [0.717, 1.165) is 17.7 Å². The molecule has 2 N–H and O–H groups in total. The fourth-order valence-corrected chi connectivity index (χ4v) is 2.39. The number of esters is 1. The van der Waals surface area contributed by atoms with Gasteiger partial charge < -0.3 is 15.4 Å². The lowest BCUT2D eigenvalue weighted by Gasteiger charge is -2.14. The van der Waals surface area contributed by atoms with Gasteiger partial charge in [-0.05, 0) is 48.9 Å². The Hall–Kier alpha value is -2.93. The summed E-state index contributed by atoms with van der Waals surface area (Å²) in [5.74, 6) is -2.27. The highest BCUT2D eigenvalue weighted by atomic mass is 35.5. The summed E-state index contributed by atoms with van der Waals surface area (Å²) in [5, 5.41) is 5.56. The van der Waals surface area contributed by atoms with Gasteiger partial charge in [0.1, 0.15) is 12.4 Å². The van der Waals surface area contributed by atoms with Gasteiger partial charge in [0.25, 0.3) is 11.8 Å². The predicted octanol–water partition coefficient (Wildman–Crippen LogP) is 2.63. The summed E-state index contributed by atoms with van der Waals surface area (Å²) < 4.78 is 17.6. The highest BCUT2D eigenvalue weighted by Gasteiger charge is 2.13. The highest BCUT2D eigenvalue weighted by Crippen LogP contribution is 2.17. The topological polar surface area (TPSA) is 84.5 Å². The molecule has 0 saturated carbocycles. The zero-order chi connectivity index (χ0) is 19.8. The number of ether oxygens (including phenoxy) is 1. The van der Waals surface area contributed by atoms with Gasteiger partial charge in [0.2, 0.25) is 0 Å². The molecule has 0 aliphatic heterocycles. The van der Waals surface area contributed by atoms with Crippen LogP contribution in [-0.2, 0) is 14.3 Å². The normalized spacial score (nSPS) is 11.4. The summed E-state index contributed by atoms with van der Waals surface area (Å²) in [6.07, 6.45) is 0. The molecule has 0 aliphatic carbocycles. The van der Waals surface area contributed by atoms with Gasteiger partial charge in [0.15, 0.2) is 6.61 Å². The molecule has 0 saturated heterocycles. The zero-order valence-electron chi connectivity index (χ0n) is 14.5. The van der Waals surface area contributed by atoms with Crippen LogP contribution in [0.3, 0.4) is 0 Å². The number of carbonyl (C=O) groups is 3. The average Bonchev–Trinajstić information content (AvgIpc) is 2.65. The molecule has 0 heterocycles. The van der Waals surface area contributed by atoms with Crippen LogP contribution in [0, 0.1) is 5.82 Å². The second-order valence-electron chi connectivity index (χ2n) is 5.69. The van der Waals surface area contributed by atoms with Crippen molar-refractivity contribution in [2.45, 2.75) is 13.0 Å². The van der Waals surface area contributed by atoms with Gasteiger partial charge in [0.05, 0.1) is 6.04 Å². The van der Waals surface area contributed by atoms with Crippen LogP contribution < -0.4 is 10.6 Å². The lowest BCUT2D eigenvalue weighted by Crippen LogP contribution is -2.34. The second-order valence-corrected chi connectivity index (χ2v) is 6.13. The van der Waals surface area contributed by atoms with Gasteiger partial charge in [0, 0.05) is 10.6 Å². The van der Waals surface area contributed by atoms with Gasteiger partial charge in [-0.15, -0.1) is 0 Å². The fourth-order valence-electron chi connectivity index (χ4n) is 2.20. The Morgan fingerprint density at radius 2 is 1.85 bits per heavy atom. The molecule has 2 rings (SSSR count). The monoisotopic (exact) mass is 392 g/mol. The Labute approximate surface area is 160 Å². The summed E-state index contributed by atoms with van der Waals surface area (Å²) in [7, 11) is 0. The summed E-state index contributed by atoms with van der Waals surface area (Å²) in [6, 6.07) is 11.6. The van der Waals surface area contributed by atoms with Crippen molar-refractivity contribution < 1.29 is 23.5 Å². The third-order valence-corrected chi connectivity index (χ3v) is 3.83.